The fourth-order valence-corrected chi connectivity index (χ4v) is 1.53. The molecule has 0 saturated carbocycles. The van der Waals surface area contributed by atoms with Gasteiger partial charge in [0.05, 0.1) is 12.8 Å². The first kappa shape index (κ1) is 20.1. The normalized spacial score (nSPS) is 10.1. The second kappa shape index (κ2) is 12.8. The Bertz CT molecular complexity index is 365. The van der Waals surface area contributed by atoms with Gasteiger partial charge in [0.2, 0.25) is 0 Å². The summed E-state index contributed by atoms with van der Waals surface area (Å²) in [6.07, 6.45) is 0.944. The molecule has 0 saturated heterocycles. The number of nitrogens with zero attached hydrogens (tertiary/aromatic N) is 1. The molecular weight excluding hydrogens is 290 g/mol. The summed E-state index contributed by atoms with van der Waals surface area (Å²) in [7, 11) is 0. The molecule has 0 heterocycles. The van der Waals surface area contributed by atoms with E-state index >= 15 is 0 Å². The molecule has 0 aromatic heterocycles. The highest BCUT2D eigenvalue weighted by Gasteiger charge is 2.10. The Morgan fingerprint density at radius 1 is 0.909 bits per heavy atom. The average Bonchev–Trinajstić information content (AvgIpc) is 2.53. The lowest BCUT2D eigenvalue weighted by Crippen LogP contribution is -2.28. The summed E-state index contributed by atoms with van der Waals surface area (Å²) in [5.41, 5.74) is 0. The fraction of sp³-hybridized carbons (Fsp3) is 0.667. The maximum Gasteiger partial charge on any atom is 0.330 e. The highest BCUT2D eigenvalue weighted by molar-refractivity contribution is 5.81. The predicted molar refractivity (Wildman–Crippen MR) is 80.1 cm³/mol. The minimum atomic E-state index is -0.576. The second-order valence-corrected chi connectivity index (χ2v) is 4.34. The van der Waals surface area contributed by atoms with Crippen LogP contribution in [-0.2, 0) is 28.6 Å². The zero-order valence-electron chi connectivity index (χ0n) is 13.3. The van der Waals surface area contributed by atoms with Crippen molar-refractivity contribution in [3.63, 3.8) is 0 Å². The molecule has 0 aliphatic rings. The first-order chi connectivity index (χ1) is 10.5. The van der Waals surface area contributed by atoms with E-state index in [1.165, 1.54) is 0 Å². The number of hydrogen-bond donors (Lipinski definition) is 0. The van der Waals surface area contributed by atoms with Crippen LogP contribution in [0.3, 0.4) is 0 Å². The highest BCUT2D eigenvalue weighted by atomic mass is 16.6. The Hall–Kier alpha value is -1.89. The number of esters is 3. The molecule has 0 unspecified atom stereocenters. The van der Waals surface area contributed by atoms with Crippen LogP contribution in [0.5, 0.6) is 0 Å². The van der Waals surface area contributed by atoms with Gasteiger partial charge in [0.25, 0.3) is 0 Å². The van der Waals surface area contributed by atoms with Crippen molar-refractivity contribution >= 4 is 17.9 Å². The van der Waals surface area contributed by atoms with E-state index < -0.39 is 17.9 Å². The number of ether oxygens (including phenoxy) is 3. The summed E-state index contributed by atoms with van der Waals surface area (Å²) in [4.78, 5) is 35.6. The van der Waals surface area contributed by atoms with E-state index in [1.54, 1.807) is 0 Å². The van der Waals surface area contributed by atoms with Crippen LogP contribution >= 0.6 is 0 Å². The van der Waals surface area contributed by atoms with Gasteiger partial charge >= 0.3 is 17.9 Å². The van der Waals surface area contributed by atoms with Crippen molar-refractivity contribution in [1.82, 2.24) is 4.90 Å². The monoisotopic (exact) mass is 315 g/mol. The smallest absolute Gasteiger partial charge is 0.330 e. The maximum atomic E-state index is 11.4. The topological polar surface area (TPSA) is 82.1 Å². The average molecular weight is 315 g/mol. The van der Waals surface area contributed by atoms with Gasteiger partial charge < -0.3 is 19.1 Å². The van der Waals surface area contributed by atoms with Gasteiger partial charge in [0, 0.05) is 12.6 Å². The van der Waals surface area contributed by atoms with E-state index in [0.29, 0.717) is 13.2 Å². The molecule has 0 rings (SSSR count). The third-order valence-electron chi connectivity index (χ3n) is 2.86. The van der Waals surface area contributed by atoms with Crippen molar-refractivity contribution in [3.05, 3.63) is 12.7 Å². The van der Waals surface area contributed by atoms with Crippen molar-refractivity contribution in [2.75, 3.05) is 39.5 Å². The summed E-state index contributed by atoms with van der Waals surface area (Å²) in [6.45, 7) is 10.0. The van der Waals surface area contributed by atoms with Crippen molar-refractivity contribution in [2.24, 2.45) is 0 Å². The molecule has 0 aliphatic heterocycles. The maximum absolute atomic E-state index is 11.4. The Morgan fingerprint density at radius 2 is 1.41 bits per heavy atom. The van der Waals surface area contributed by atoms with Crippen LogP contribution in [0.25, 0.3) is 0 Å². The van der Waals surface area contributed by atoms with Gasteiger partial charge in [-0.05, 0) is 13.1 Å². The summed E-state index contributed by atoms with van der Waals surface area (Å²) >= 11 is 0. The molecule has 22 heavy (non-hydrogen) atoms. The molecule has 0 aromatic rings. The molecule has 7 heteroatoms. The van der Waals surface area contributed by atoms with Crippen LogP contribution < -0.4 is 0 Å². The Labute approximate surface area is 131 Å². The number of carbonyl (C=O) groups is 3. The zero-order chi connectivity index (χ0) is 16.8. The number of carbonyl (C=O) groups excluding carboxylic acids is 3. The molecule has 0 amide bonds. The first-order valence-corrected chi connectivity index (χ1v) is 7.36. The third-order valence-corrected chi connectivity index (χ3v) is 2.86. The molecule has 0 bridgehead atoms. The van der Waals surface area contributed by atoms with Gasteiger partial charge in [-0.25, -0.2) is 4.79 Å². The molecule has 0 fully saturated rings. The lowest BCUT2D eigenvalue weighted by molar-refractivity contribution is -0.152. The highest BCUT2D eigenvalue weighted by Crippen LogP contribution is 1.97. The van der Waals surface area contributed by atoms with E-state index in [1.807, 2.05) is 13.8 Å². The molecule has 0 N–H and O–H groups in total. The fourth-order valence-electron chi connectivity index (χ4n) is 1.53. The van der Waals surface area contributed by atoms with Crippen LogP contribution in [0.1, 0.15) is 26.7 Å². The lowest BCUT2D eigenvalue weighted by Gasteiger charge is -2.17. The van der Waals surface area contributed by atoms with Crippen LogP contribution in [0.4, 0.5) is 0 Å². The van der Waals surface area contributed by atoms with Crippen LogP contribution in [0, 0.1) is 0 Å². The number of likely N-dealkylation sites (N-methyl/N-ethyl adjacent to an activating group) is 1. The third kappa shape index (κ3) is 10.8. The van der Waals surface area contributed by atoms with E-state index in [0.717, 1.165) is 19.2 Å². The molecule has 0 radical (unpaired) electrons. The van der Waals surface area contributed by atoms with Crippen LogP contribution in [-0.4, -0.2) is 62.3 Å². The second-order valence-electron chi connectivity index (χ2n) is 4.34. The minimum absolute atomic E-state index is 0.0243. The van der Waals surface area contributed by atoms with E-state index in [-0.39, 0.29) is 26.1 Å². The Morgan fingerprint density at radius 3 is 1.91 bits per heavy atom. The van der Waals surface area contributed by atoms with Gasteiger partial charge in [-0.2, -0.15) is 0 Å². The van der Waals surface area contributed by atoms with Gasteiger partial charge in [-0.15, -0.1) is 0 Å². The lowest BCUT2D eigenvalue weighted by atomic mass is 10.3. The minimum Gasteiger partial charge on any atom is -0.464 e. The van der Waals surface area contributed by atoms with Crippen molar-refractivity contribution < 1.29 is 28.6 Å². The van der Waals surface area contributed by atoms with Crippen molar-refractivity contribution in [2.45, 2.75) is 26.7 Å². The summed E-state index contributed by atoms with van der Waals surface area (Å²) in [6, 6.07) is 0. The van der Waals surface area contributed by atoms with Crippen LogP contribution in [0.2, 0.25) is 0 Å². The molecule has 7 nitrogen and oxygen atoms in total. The van der Waals surface area contributed by atoms with Crippen molar-refractivity contribution in [3.8, 4) is 0 Å². The zero-order valence-corrected chi connectivity index (χ0v) is 13.3. The van der Waals surface area contributed by atoms with Crippen LogP contribution in [0.15, 0.2) is 12.7 Å². The number of hydrogen-bond acceptors (Lipinski definition) is 7. The van der Waals surface area contributed by atoms with Crippen molar-refractivity contribution in [1.29, 1.82) is 0 Å². The van der Waals surface area contributed by atoms with Gasteiger partial charge in [-0.1, -0.05) is 20.4 Å². The largest absolute Gasteiger partial charge is 0.464 e. The van der Waals surface area contributed by atoms with Gasteiger partial charge in [0.15, 0.2) is 0 Å². The Kier molecular flexibility index (Phi) is 11.7. The van der Waals surface area contributed by atoms with E-state index in [9.17, 15) is 14.4 Å². The predicted octanol–water partition coefficient (Wildman–Crippen LogP) is 0.924. The molecule has 0 atom stereocenters. The molecule has 0 spiro atoms. The summed E-state index contributed by atoms with van der Waals surface area (Å²) < 4.78 is 14.5. The first-order valence-electron chi connectivity index (χ1n) is 7.36. The molecular formula is C15H25NO6. The summed E-state index contributed by atoms with van der Waals surface area (Å²) in [5.74, 6) is -1.54. The number of rotatable bonds is 12. The SMILES string of the molecule is C=CC(=O)OCCOC(=O)CCC(=O)OCCN(CC)CC. The Balaban J connectivity index is 3.62. The van der Waals surface area contributed by atoms with E-state index in [2.05, 4.69) is 16.2 Å². The molecule has 0 aliphatic carbocycles. The standard InChI is InChI=1S/C15H25NO6/c1-4-13(17)21-11-12-22-15(19)8-7-14(18)20-10-9-16(5-2)6-3/h4H,1,5-12H2,2-3H3. The molecule has 126 valence electrons. The van der Waals surface area contributed by atoms with E-state index in [4.69, 9.17) is 9.47 Å². The molecule has 0 aromatic carbocycles. The summed E-state index contributed by atoms with van der Waals surface area (Å²) in [5, 5.41) is 0. The van der Waals surface area contributed by atoms with Gasteiger partial charge in [0.1, 0.15) is 19.8 Å². The quantitative estimate of drug-likeness (QED) is 0.229. The van der Waals surface area contributed by atoms with Gasteiger partial charge in [-0.3, -0.25) is 9.59 Å².